The van der Waals surface area contributed by atoms with Crippen molar-refractivity contribution in [3.8, 4) is 17.0 Å². The van der Waals surface area contributed by atoms with E-state index >= 15 is 0 Å². The quantitative estimate of drug-likeness (QED) is 0.648. The van der Waals surface area contributed by atoms with Gasteiger partial charge in [0, 0.05) is 10.9 Å². The van der Waals surface area contributed by atoms with Gasteiger partial charge in [-0.15, -0.1) is 0 Å². The first kappa shape index (κ1) is 13.2. The fourth-order valence-corrected chi connectivity index (χ4v) is 2.34. The average molecular weight is 304 g/mol. The number of ether oxygens (including phenoxy) is 1. The molecule has 1 aromatic heterocycles. The molecule has 0 aliphatic rings. The predicted molar refractivity (Wildman–Crippen MR) is 83.8 cm³/mol. The number of nitrogens with zero attached hydrogens (tertiary/aromatic N) is 1. The van der Waals surface area contributed by atoms with Crippen LogP contribution in [0.3, 0.4) is 0 Å². The fraction of sp³-hybridized carbons (Fsp3) is 0.0625. The zero-order valence-electron chi connectivity index (χ0n) is 10.7. The van der Waals surface area contributed by atoms with Gasteiger partial charge in [0.2, 0.25) is 0 Å². The van der Waals surface area contributed by atoms with Crippen LogP contribution in [-0.4, -0.2) is 12.1 Å². The van der Waals surface area contributed by atoms with E-state index in [0.717, 1.165) is 27.9 Å². The third-order valence-electron chi connectivity index (χ3n) is 3.11. The summed E-state index contributed by atoms with van der Waals surface area (Å²) in [4.78, 5) is 4.63. The number of hydrogen-bond donors (Lipinski definition) is 0. The zero-order chi connectivity index (χ0) is 14.1. The van der Waals surface area contributed by atoms with E-state index in [1.807, 2.05) is 42.5 Å². The maximum absolute atomic E-state index is 6.05. The highest BCUT2D eigenvalue weighted by Crippen LogP contribution is 2.29. The minimum atomic E-state index is 0.529. The first-order chi connectivity index (χ1) is 9.67. The molecule has 0 unspecified atom stereocenters. The summed E-state index contributed by atoms with van der Waals surface area (Å²) in [7, 11) is 1.65. The van der Waals surface area contributed by atoms with Gasteiger partial charge in [-0.1, -0.05) is 35.3 Å². The largest absolute Gasteiger partial charge is 0.497 e. The molecule has 3 aromatic rings. The monoisotopic (exact) mass is 303 g/mol. The lowest BCUT2D eigenvalue weighted by atomic mass is 10.1. The van der Waals surface area contributed by atoms with Crippen LogP contribution in [0.4, 0.5) is 0 Å². The summed E-state index contributed by atoms with van der Waals surface area (Å²) in [6, 6.07) is 15.3. The highest BCUT2D eigenvalue weighted by molar-refractivity contribution is 6.42. The van der Waals surface area contributed by atoms with Crippen molar-refractivity contribution in [1.82, 2.24) is 4.98 Å². The average Bonchev–Trinajstić information content (AvgIpc) is 2.49. The van der Waals surface area contributed by atoms with E-state index in [1.54, 1.807) is 13.2 Å². The Kier molecular flexibility index (Phi) is 3.51. The number of rotatable bonds is 2. The van der Waals surface area contributed by atoms with Crippen LogP contribution in [-0.2, 0) is 0 Å². The molecule has 0 amide bonds. The third-order valence-corrected chi connectivity index (χ3v) is 3.85. The van der Waals surface area contributed by atoms with Crippen LogP contribution in [0.2, 0.25) is 10.0 Å². The zero-order valence-corrected chi connectivity index (χ0v) is 12.2. The van der Waals surface area contributed by atoms with E-state index in [-0.39, 0.29) is 0 Å². The highest BCUT2D eigenvalue weighted by atomic mass is 35.5. The van der Waals surface area contributed by atoms with Gasteiger partial charge in [-0.3, -0.25) is 0 Å². The molecule has 0 spiro atoms. The van der Waals surface area contributed by atoms with Crippen LogP contribution in [0.15, 0.2) is 48.5 Å². The number of halogens is 2. The molecule has 0 N–H and O–H groups in total. The Hall–Kier alpha value is -1.77. The second kappa shape index (κ2) is 5.31. The number of fused-ring (bicyclic) bond motifs is 1. The van der Waals surface area contributed by atoms with Crippen LogP contribution < -0.4 is 4.74 Å². The Bertz CT molecular complexity index is 787. The van der Waals surface area contributed by atoms with Crippen molar-refractivity contribution in [2.45, 2.75) is 0 Å². The van der Waals surface area contributed by atoms with Gasteiger partial charge in [-0.25, -0.2) is 4.98 Å². The van der Waals surface area contributed by atoms with Crippen molar-refractivity contribution in [3.05, 3.63) is 58.6 Å². The van der Waals surface area contributed by atoms with Crippen molar-refractivity contribution in [3.63, 3.8) is 0 Å². The molecule has 2 aromatic carbocycles. The first-order valence-corrected chi connectivity index (χ1v) is 6.83. The second-order valence-electron chi connectivity index (χ2n) is 4.38. The summed E-state index contributed by atoms with van der Waals surface area (Å²) in [5.74, 6) is 0.821. The molecule has 20 heavy (non-hydrogen) atoms. The van der Waals surface area contributed by atoms with Gasteiger partial charge in [-0.05, 0) is 36.4 Å². The highest BCUT2D eigenvalue weighted by Gasteiger charge is 2.05. The number of methoxy groups -OCH3 is 1. The predicted octanol–water partition coefficient (Wildman–Crippen LogP) is 5.22. The number of hydrogen-bond acceptors (Lipinski definition) is 2. The van der Waals surface area contributed by atoms with Crippen LogP contribution in [0.1, 0.15) is 0 Å². The summed E-state index contributed by atoms with van der Waals surface area (Å²) in [6.07, 6.45) is 0. The molecule has 0 fully saturated rings. The van der Waals surface area contributed by atoms with Gasteiger partial charge >= 0.3 is 0 Å². The molecule has 1 heterocycles. The molecule has 0 atom stereocenters. The van der Waals surface area contributed by atoms with E-state index in [9.17, 15) is 0 Å². The van der Waals surface area contributed by atoms with E-state index < -0.39 is 0 Å². The lowest BCUT2D eigenvalue weighted by Crippen LogP contribution is -1.87. The second-order valence-corrected chi connectivity index (χ2v) is 5.20. The SMILES string of the molecule is COc1ccc2nc(-c3ccc(Cl)c(Cl)c3)ccc2c1. The van der Waals surface area contributed by atoms with Gasteiger partial charge in [-0.2, -0.15) is 0 Å². The molecular weight excluding hydrogens is 293 g/mol. The molecule has 0 bridgehead atoms. The maximum atomic E-state index is 6.05. The molecule has 0 saturated heterocycles. The van der Waals surface area contributed by atoms with Gasteiger partial charge in [0.15, 0.2) is 0 Å². The lowest BCUT2D eigenvalue weighted by Gasteiger charge is -2.06. The van der Waals surface area contributed by atoms with Gasteiger partial charge in [0.05, 0.1) is 28.4 Å². The Balaban J connectivity index is 2.10. The van der Waals surface area contributed by atoms with Crippen LogP contribution in [0.25, 0.3) is 22.2 Å². The number of benzene rings is 2. The molecule has 100 valence electrons. The molecule has 2 nitrogen and oxygen atoms in total. The van der Waals surface area contributed by atoms with E-state index in [4.69, 9.17) is 27.9 Å². The van der Waals surface area contributed by atoms with Gasteiger partial charge in [0.25, 0.3) is 0 Å². The molecular formula is C16H11Cl2NO. The first-order valence-electron chi connectivity index (χ1n) is 6.07. The summed E-state index contributed by atoms with van der Waals surface area (Å²) < 4.78 is 5.21. The van der Waals surface area contributed by atoms with E-state index in [0.29, 0.717) is 10.0 Å². The van der Waals surface area contributed by atoms with Crippen LogP contribution >= 0.6 is 23.2 Å². The number of pyridine rings is 1. The van der Waals surface area contributed by atoms with Crippen molar-refractivity contribution in [1.29, 1.82) is 0 Å². The van der Waals surface area contributed by atoms with Gasteiger partial charge < -0.3 is 4.74 Å². The molecule has 0 aliphatic carbocycles. The molecule has 0 aliphatic heterocycles. The molecule has 0 radical (unpaired) electrons. The van der Waals surface area contributed by atoms with Crippen LogP contribution in [0, 0.1) is 0 Å². The summed E-state index contributed by atoms with van der Waals surface area (Å²) in [5.41, 5.74) is 2.72. The fourth-order valence-electron chi connectivity index (χ4n) is 2.05. The normalized spacial score (nSPS) is 10.8. The minimum absolute atomic E-state index is 0.529. The number of aromatic nitrogens is 1. The third kappa shape index (κ3) is 2.45. The Morgan fingerprint density at radius 3 is 2.50 bits per heavy atom. The summed E-state index contributed by atoms with van der Waals surface area (Å²) in [6.45, 7) is 0. The molecule has 0 saturated carbocycles. The standard InChI is InChI=1S/C16H11Cl2NO/c1-20-12-4-7-16-10(8-12)3-6-15(19-16)11-2-5-13(17)14(18)9-11/h2-9H,1H3. The van der Waals surface area contributed by atoms with Crippen molar-refractivity contribution in [2.24, 2.45) is 0 Å². The smallest absolute Gasteiger partial charge is 0.119 e. The van der Waals surface area contributed by atoms with Crippen LogP contribution in [0.5, 0.6) is 5.75 Å². The summed E-state index contributed by atoms with van der Waals surface area (Å²) >= 11 is 12.0. The van der Waals surface area contributed by atoms with Crippen molar-refractivity contribution < 1.29 is 4.74 Å². The molecule has 3 rings (SSSR count). The summed E-state index contributed by atoms with van der Waals surface area (Å²) in [5, 5.41) is 2.11. The maximum Gasteiger partial charge on any atom is 0.119 e. The minimum Gasteiger partial charge on any atom is -0.497 e. The lowest BCUT2D eigenvalue weighted by molar-refractivity contribution is 0.415. The van der Waals surface area contributed by atoms with E-state index in [2.05, 4.69) is 4.98 Å². The van der Waals surface area contributed by atoms with Crippen molar-refractivity contribution >= 4 is 34.1 Å². The van der Waals surface area contributed by atoms with Crippen molar-refractivity contribution in [2.75, 3.05) is 7.11 Å². The molecule has 4 heteroatoms. The Morgan fingerprint density at radius 1 is 0.900 bits per heavy atom. The topological polar surface area (TPSA) is 22.1 Å². The Morgan fingerprint density at radius 2 is 1.75 bits per heavy atom. The van der Waals surface area contributed by atoms with Gasteiger partial charge in [0.1, 0.15) is 5.75 Å². The van der Waals surface area contributed by atoms with E-state index in [1.165, 1.54) is 0 Å². The Labute approximate surface area is 126 Å².